The van der Waals surface area contributed by atoms with Crippen molar-refractivity contribution in [3.05, 3.63) is 101 Å². The molecule has 2 N–H and O–H groups in total. The molecule has 0 saturated carbocycles. The van der Waals surface area contributed by atoms with Crippen LogP contribution in [0.5, 0.6) is 0 Å². The van der Waals surface area contributed by atoms with Gasteiger partial charge in [-0.1, -0.05) is 0 Å². The fourth-order valence-electron chi connectivity index (χ4n) is 7.43. The van der Waals surface area contributed by atoms with Gasteiger partial charge in [0.25, 0.3) is 11.8 Å². The van der Waals surface area contributed by atoms with E-state index in [1.807, 2.05) is 50.2 Å². The molecule has 2 saturated heterocycles. The van der Waals surface area contributed by atoms with Crippen LogP contribution in [0.25, 0.3) is 22.8 Å². The second-order valence-corrected chi connectivity index (χ2v) is 13.9. The lowest BCUT2D eigenvalue weighted by molar-refractivity contribution is -0.117. The number of hydrogen-bond acceptors (Lipinski definition) is 8. The van der Waals surface area contributed by atoms with E-state index in [2.05, 4.69) is 15.6 Å². The standard InChI is InChI=1S/C41H43N5O7/c1-24-19-34(26(3)51-24)40(49)45-17-5-7-32(45)21-37(47)43-30-13-9-28(10-14-30)36-23-42-39(53-36)29-11-15-31(16-12-29)44-38(48)22-33-8-6-18-46(33)41(50)35-20-25(2)52-27(35)4/h9-16,19-20,23,32-33H,5-8,17-18,21-22H2,1-4H3,(H,43,47)(H,44,48)/t32-,33-/m0/s1. The summed E-state index contributed by atoms with van der Waals surface area (Å²) in [6.07, 6.45) is 5.32. The number of hydrogen-bond donors (Lipinski definition) is 2. The third-order valence-corrected chi connectivity index (χ3v) is 10.0. The quantitative estimate of drug-likeness (QED) is 0.149. The first kappa shape index (κ1) is 35.5. The SMILES string of the molecule is Cc1cc(C(=O)N2CCC[C@H]2CC(=O)Nc2ccc(-c3cnc(-c4ccc(NC(=O)C[C@@H]5CCCN5C(=O)c5cc(C)oc5C)cc4)o3)cc2)c(C)o1. The van der Waals surface area contributed by atoms with Crippen molar-refractivity contribution in [1.29, 1.82) is 0 Å². The molecule has 2 aromatic carbocycles. The Bertz CT molecular complexity index is 1990. The van der Waals surface area contributed by atoms with Crippen LogP contribution in [0.1, 0.15) is 82.3 Å². The Morgan fingerprint density at radius 2 is 1.11 bits per heavy atom. The van der Waals surface area contributed by atoms with Crippen LogP contribution in [0.15, 0.2) is 80.1 Å². The Morgan fingerprint density at radius 1 is 0.660 bits per heavy atom. The highest BCUT2D eigenvalue weighted by Crippen LogP contribution is 2.30. The molecule has 5 aromatic rings. The molecule has 0 radical (unpaired) electrons. The number of anilines is 2. The first-order valence-electron chi connectivity index (χ1n) is 18.0. The number of rotatable bonds is 10. The summed E-state index contributed by atoms with van der Waals surface area (Å²) in [5, 5.41) is 5.91. The number of nitrogens with zero attached hydrogens (tertiary/aromatic N) is 3. The van der Waals surface area contributed by atoms with Gasteiger partial charge in [-0.05, 0) is 114 Å². The number of carbonyl (C=O) groups is 4. The second kappa shape index (κ2) is 15.0. The van der Waals surface area contributed by atoms with Crippen molar-refractivity contribution in [2.45, 2.75) is 78.3 Å². The predicted octanol–water partition coefficient (Wildman–Crippen LogP) is 7.70. The Labute approximate surface area is 307 Å². The molecular weight excluding hydrogens is 674 g/mol. The molecule has 4 amide bonds. The summed E-state index contributed by atoms with van der Waals surface area (Å²) in [6, 6.07) is 17.7. The van der Waals surface area contributed by atoms with Crippen LogP contribution in [0.3, 0.4) is 0 Å². The van der Waals surface area contributed by atoms with E-state index in [4.69, 9.17) is 13.3 Å². The third-order valence-electron chi connectivity index (χ3n) is 10.0. The minimum Gasteiger partial charge on any atom is -0.466 e. The Balaban J connectivity index is 0.908. The van der Waals surface area contributed by atoms with Crippen molar-refractivity contribution in [3.63, 3.8) is 0 Å². The number of likely N-dealkylation sites (tertiary alicyclic amines) is 2. The molecule has 12 heteroatoms. The number of aromatic nitrogens is 1. The zero-order valence-electron chi connectivity index (χ0n) is 30.4. The van der Waals surface area contributed by atoms with Gasteiger partial charge in [0.1, 0.15) is 23.0 Å². The lowest BCUT2D eigenvalue weighted by Crippen LogP contribution is -2.37. The molecule has 0 aliphatic carbocycles. The lowest BCUT2D eigenvalue weighted by atomic mass is 10.1. The number of amides is 4. The summed E-state index contributed by atoms with van der Waals surface area (Å²) in [6.45, 7) is 8.43. The zero-order valence-corrected chi connectivity index (χ0v) is 30.4. The fraction of sp³-hybridized carbons (Fsp3) is 0.341. The van der Waals surface area contributed by atoms with Crippen molar-refractivity contribution in [1.82, 2.24) is 14.8 Å². The van der Waals surface area contributed by atoms with Crippen LogP contribution in [-0.2, 0) is 9.59 Å². The van der Waals surface area contributed by atoms with Gasteiger partial charge in [-0.3, -0.25) is 19.2 Å². The van der Waals surface area contributed by atoms with Gasteiger partial charge in [-0.2, -0.15) is 0 Å². The Kier molecular flexibility index (Phi) is 10.0. The minimum absolute atomic E-state index is 0.0953. The van der Waals surface area contributed by atoms with E-state index in [1.54, 1.807) is 54.1 Å². The van der Waals surface area contributed by atoms with Crippen LogP contribution < -0.4 is 10.6 Å². The normalized spacial score (nSPS) is 17.0. The number of oxazole rings is 1. The predicted molar refractivity (Wildman–Crippen MR) is 198 cm³/mol. The van der Waals surface area contributed by atoms with Gasteiger partial charge < -0.3 is 33.7 Å². The largest absolute Gasteiger partial charge is 0.466 e. The summed E-state index contributed by atoms with van der Waals surface area (Å²) in [4.78, 5) is 60.3. The van der Waals surface area contributed by atoms with Crippen LogP contribution in [0.2, 0.25) is 0 Å². The highest BCUT2D eigenvalue weighted by atomic mass is 16.4. The monoisotopic (exact) mass is 717 g/mol. The van der Waals surface area contributed by atoms with Gasteiger partial charge in [-0.15, -0.1) is 0 Å². The molecule has 2 fully saturated rings. The molecule has 0 bridgehead atoms. The second-order valence-electron chi connectivity index (χ2n) is 13.9. The van der Waals surface area contributed by atoms with E-state index in [-0.39, 0.29) is 48.6 Å². The van der Waals surface area contributed by atoms with Crippen molar-refractivity contribution >= 4 is 35.0 Å². The Morgan fingerprint density at radius 3 is 1.55 bits per heavy atom. The number of carbonyl (C=O) groups excluding carboxylic acids is 4. The van der Waals surface area contributed by atoms with Crippen molar-refractivity contribution < 1.29 is 32.4 Å². The topological polar surface area (TPSA) is 151 Å². The van der Waals surface area contributed by atoms with Gasteiger partial charge in [0.05, 0.1) is 17.3 Å². The maximum Gasteiger partial charge on any atom is 0.257 e. The molecule has 2 atom stereocenters. The average molecular weight is 718 g/mol. The maximum atomic E-state index is 13.2. The van der Waals surface area contributed by atoms with Crippen molar-refractivity contribution in [2.24, 2.45) is 0 Å². The van der Waals surface area contributed by atoms with E-state index < -0.39 is 0 Å². The molecule has 5 heterocycles. The molecule has 0 spiro atoms. The van der Waals surface area contributed by atoms with Gasteiger partial charge >= 0.3 is 0 Å². The van der Waals surface area contributed by atoms with E-state index in [9.17, 15) is 19.2 Å². The van der Waals surface area contributed by atoms with Gasteiger partial charge in [0.15, 0.2) is 5.76 Å². The summed E-state index contributed by atoms with van der Waals surface area (Å²) >= 11 is 0. The third kappa shape index (κ3) is 7.81. The molecule has 274 valence electrons. The van der Waals surface area contributed by atoms with Gasteiger partial charge in [0, 0.05) is 60.5 Å². The molecule has 0 unspecified atom stereocenters. The number of aryl methyl sites for hydroxylation is 4. The number of benzene rings is 2. The first-order valence-corrected chi connectivity index (χ1v) is 18.0. The van der Waals surface area contributed by atoms with E-state index in [1.165, 1.54) is 0 Å². The molecule has 2 aliphatic heterocycles. The van der Waals surface area contributed by atoms with Crippen LogP contribution in [0.4, 0.5) is 11.4 Å². The Hall–Kier alpha value is -5.91. The first-order chi connectivity index (χ1) is 25.5. The molecule has 53 heavy (non-hydrogen) atoms. The number of nitrogens with one attached hydrogen (secondary N) is 2. The van der Waals surface area contributed by atoms with E-state index in [0.717, 1.165) is 36.8 Å². The number of furan rings is 2. The molecule has 7 rings (SSSR count). The minimum atomic E-state index is -0.172. The van der Waals surface area contributed by atoms with Gasteiger partial charge in [-0.25, -0.2) is 4.98 Å². The lowest BCUT2D eigenvalue weighted by Gasteiger charge is -2.24. The van der Waals surface area contributed by atoms with Crippen LogP contribution in [-0.4, -0.2) is 63.6 Å². The van der Waals surface area contributed by atoms with Crippen molar-refractivity contribution in [2.75, 3.05) is 23.7 Å². The molecule has 2 aliphatic rings. The average Bonchev–Trinajstić information content (AvgIpc) is 3.98. The van der Waals surface area contributed by atoms with Crippen LogP contribution >= 0.6 is 0 Å². The summed E-state index contributed by atoms with van der Waals surface area (Å²) in [7, 11) is 0. The molecular formula is C41H43N5O7. The fourth-order valence-corrected chi connectivity index (χ4v) is 7.43. The zero-order chi connectivity index (χ0) is 37.2. The highest BCUT2D eigenvalue weighted by Gasteiger charge is 2.34. The van der Waals surface area contributed by atoms with E-state index >= 15 is 0 Å². The summed E-state index contributed by atoms with van der Waals surface area (Å²) in [5.74, 6) is 3.05. The smallest absolute Gasteiger partial charge is 0.257 e. The molecule has 12 nitrogen and oxygen atoms in total. The van der Waals surface area contributed by atoms with E-state index in [0.29, 0.717) is 70.3 Å². The van der Waals surface area contributed by atoms with Gasteiger partial charge in [0.2, 0.25) is 17.7 Å². The van der Waals surface area contributed by atoms with Crippen LogP contribution in [0, 0.1) is 27.7 Å². The summed E-state index contributed by atoms with van der Waals surface area (Å²) in [5.41, 5.74) is 3.92. The molecule has 3 aromatic heterocycles. The highest BCUT2D eigenvalue weighted by molar-refractivity contribution is 5.98. The maximum absolute atomic E-state index is 13.2. The summed E-state index contributed by atoms with van der Waals surface area (Å²) < 4.78 is 17.2. The van der Waals surface area contributed by atoms with Crippen molar-refractivity contribution in [3.8, 4) is 22.8 Å².